The van der Waals surface area contributed by atoms with Crippen molar-refractivity contribution < 1.29 is 31.8 Å². The number of nitrogen functional groups attached to an aromatic ring is 1. The highest BCUT2D eigenvalue weighted by Crippen LogP contribution is 2.51. The highest BCUT2D eigenvalue weighted by Gasteiger charge is 2.47. The molecule has 246 valence electrons. The van der Waals surface area contributed by atoms with Crippen molar-refractivity contribution in [2.45, 2.75) is 37.3 Å². The van der Waals surface area contributed by atoms with Crippen molar-refractivity contribution in [1.82, 2.24) is 14.9 Å². The number of nitrogens with zero attached hydrogens (tertiary/aromatic N) is 5. The summed E-state index contributed by atoms with van der Waals surface area (Å²) in [4.78, 5) is 12.7. The van der Waals surface area contributed by atoms with Gasteiger partial charge in [-0.2, -0.15) is 15.2 Å². The zero-order chi connectivity index (χ0) is 33.2. The smallest absolute Gasteiger partial charge is 0.319 e. The second kappa shape index (κ2) is 12.0. The number of benzene rings is 2. The molecule has 0 saturated carbocycles. The molecule has 0 radical (unpaired) electrons. The van der Waals surface area contributed by atoms with Gasteiger partial charge in [-0.05, 0) is 37.4 Å². The minimum Gasteiger partial charge on any atom is -0.489 e. The number of halogens is 5. The fraction of sp³-hybridized carbons (Fsp3) is 0.406. The van der Waals surface area contributed by atoms with Crippen LogP contribution in [0.3, 0.4) is 0 Å². The summed E-state index contributed by atoms with van der Waals surface area (Å²) in [5.41, 5.74) is 6.26. The van der Waals surface area contributed by atoms with E-state index in [2.05, 4.69) is 21.4 Å². The number of hydrogen-bond acceptors (Lipinski definition) is 10. The molecular weight excluding hydrogens is 660 g/mol. The van der Waals surface area contributed by atoms with Crippen molar-refractivity contribution >= 4 is 54.7 Å². The number of ether oxygens (including phenoxy) is 3. The number of anilines is 2. The minimum absolute atomic E-state index is 0.0264. The molecule has 4 aromatic rings. The zero-order valence-corrected chi connectivity index (χ0v) is 26.8. The number of alkyl halides is 2. The van der Waals surface area contributed by atoms with Crippen LogP contribution in [0.5, 0.6) is 11.8 Å². The maximum Gasteiger partial charge on any atom is 0.319 e. The molecule has 2 aromatic carbocycles. The quantitative estimate of drug-likeness (QED) is 0.163. The van der Waals surface area contributed by atoms with Crippen molar-refractivity contribution in [3.05, 3.63) is 46.5 Å². The van der Waals surface area contributed by atoms with Crippen LogP contribution in [0, 0.1) is 23.0 Å². The standard InChI is InChI=1S/C32H29ClF4N6O3S/c1-15-10-32(6-3-7-42(32)12-15)14-46-31-40-25-22-26(45-13-19(28(36)37)43(8-9-44-2)30(22)41-31)23(33)21(24(25)35)16-4-5-18(34)27-20(16)17(11-38)29(39)47-27/h4-5,19,28H,1,3,6-10,12-14,39H2,2H3/t19-,32-/m0/s1. The van der Waals surface area contributed by atoms with Crippen molar-refractivity contribution in [3.63, 3.8) is 0 Å². The molecule has 9 nitrogen and oxygen atoms in total. The predicted molar refractivity (Wildman–Crippen MR) is 172 cm³/mol. The molecule has 3 aliphatic heterocycles. The van der Waals surface area contributed by atoms with Crippen LogP contribution in [-0.4, -0.2) is 79.4 Å². The van der Waals surface area contributed by atoms with Gasteiger partial charge in [-0.25, -0.2) is 17.6 Å². The maximum absolute atomic E-state index is 17.1. The van der Waals surface area contributed by atoms with Crippen LogP contribution in [-0.2, 0) is 4.74 Å². The van der Waals surface area contributed by atoms with Gasteiger partial charge in [-0.3, -0.25) is 4.90 Å². The summed E-state index contributed by atoms with van der Waals surface area (Å²) >= 11 is 7.73. The number of nitriles is 1. The Hall–Kier alpha value is -3.90. The van der Waals surface area contributed by atoms with Gasteiger partial charge < -0.3 is 24.8 Å². The van der Waals surface area contributed by atoms with Gasteiger partial charge in [0.05, 0.1) is 32.8 Å². The Morgan fingerprint density at radius 1 is 1.30 bits per heavy atom. The van der Waals surface area contributed by atoms with E-state index in [0.29, 0.717) is 0 Å². The highest BCUT2D eigenvalue weighted by molar-refractivity contribution is 7.23. The average molecular weight is 689 g/mol. The number of nitrogens with two attached hydrogens (primary N) is 1. The van der Waals surface area contributed by atoms with Gasteiger partial charge in [0.25, 0.3) is 6.43 Å². The molecule has 0 spiro atoms. The summed E-state index contributed by atoms with van der Waals surface area (Å²) in [5.74, 6) is -1.79. The van der Waals surface area contributed by atoms with Gasteiger partial charge in [0.15, 0.2) is 11.6 Å². The fourth-order valence-electron chi connectivity index (χ4n) is 7.12. The molecule has 2 N–H and O–H groups in total. The Kier molecular flexibility index (Phi) is 8.07. The van der Waals surface area contributed by atoms with E-state index in [9.17, 15) is 18.4 Å². The van der Waals surface area contributed by atoms with E-state index in [0.717, 1.165) is 55.3 Å². The van der Waals surface area contributed by atoms with Gasteiger partial charge in [0.1, 0.15) is 47.5 Å². The number of hydrogen-bond donors (Lipinski definition) is 1. The molecule has 47 heavy (non-hydrogen) atoms. The van der Waals surface area contributed by atoms with Crippen LogP contribution in [0.1, 0.15) is 24.8 Å². The first-order valence-electron chi connectivity index (χ1n) is 14.9. The van der Waals surface area contributed by atoms with Gasteiger partial charge in [0, 0.05) is 31.1 Å². The van der Waals surface area contributed by atoms with Crippen molar-refractivity contribution in [3.8, 4) is 29.0 Å². The van der Waals surface area contributed by atoms with Gasteiger partial charge in [0.2, 0.25) is 0 Å². The molecule has 2 atom stereocenters. The van der Waals surface area contributed by atoms with E-state index in [1.807, 2.05) is 6.07 Å². The van der Waals surface area contributed by atoms with Gasteiger partial charge in [-0.15, -0.1) is 11.3 Å². The Morgan fingerprint density at radius 3 is 2.85 bits per heavy atom. The highest BCUT2D eigenvalue weighted by atomic mass is 35.5. The zero-order valence-electron chi connectivity index (χ0n) is 25.2. The summed E-state index contributed by atoms with van der Waals surface area (Å²) in [5, 5.41) is 9.69. The third-order valence-corrected chi connectivity index (χ3v) is 10.6. The van der Waals surface area contributed by atoms with Crippen molar-refractivity contribution in [2.24, 2.45) is 0 Å². The second-order valence-electron chi connectivity index (χ2n) is 12.0. The fourth-order valence-corrected chi connectivity index (χ4v) is 8.40. The van der Waals surface area contributed by atoms with Crippen LogP contribution < -0.4 is 20.1 Å². The topological polar surface area (TPSA) is 110 Å². The summed E-state index contributed by atoms with van der Waals surface area (Å²) in [6, 6.07) is 2.65. The maximum atomic E-state index is 17.1. The van der Waals surface area contributed by atoms with Gasteiger partial charge >= 0.3 is 6.01 Å². The monoisotopic (exact) mass is 688 g/mol. The molecule has 5 heterocycles. The predicted octanol–water partition coefficient (Wildman–Crippen LogP) is 6.55. The SMILES string of the molecule is C=C1CN2CCC[C@@]2(COc2nc3c4c(c(Cl)c(-c5ccc(F)c6sc(N)c(C#N)c56)c(F)c4n2)OC[C@@H](C(F)F)N3CCOC)C1. The van der Waals surface area contributed by atoms with E-state index in [-0.39, 0.29) is 90.6 Å². The van der Waals surface area contributed by atoms with Crippen LogP contribution in [0.15, 0.2) is 24.3 Å². The third kappa shape index (κ3) is 5.02. The molecular formula is C32H29ClF4N6O3S. The molecule has 2 fully saturated rings. The lowest BCUT2D eigenvalue weighted by Gasteiger charge is -2.32. The summed E-state index contributed by atoms with van der Waals surface area (Å²) in [6.45, 7) is 5.45. The lowest BCUT2D eigenvalue weighted by molar-refractivity contribution is 0.0830. The largest absolute Gasteiger partial charge is 0.489 e. The van der Waals surface area contributed by atoms with E-state index >= 15 is 4.39 Å². The lowest BCUT2D eigenvalue weighted by Crippen LogP contribution is -2.46. The Labute approximate surface area is 276 Å². The Balaban J connectivity index is 1.47. The molecule has 7 rings (SSSR count). The second-order valence-corrected chi connectivity index (χ2v) is 13.4. The van der Waals surface area contributed by atoms with Crippen LogP contribution >= 0.6 is 22.9 Å². The van der Waals surface area contributed by atoms with E-state index in [4.69, 9.17) is 31.5 Å². The van der Waals surface area contributed by atoms with Gasteiger partial charge in [-0.1, -0.05) is 29.8 Å². The molecule has 0 aliphatic carbocycles. The molecule has 2 aromatic heterocycles. The van der Waals surface area contributed by atoms with E-state index in [1.165, 1.54) is 18.1 Å². The van der Waals surface area contributed by atoms with Crippen LogP contribution in [0.2, 0.25) is 5.02 Å². The van der Waals surface area contributed by atoms with E-state index < -0.39 is 30.7 Å². The lowest BCUT2D eigenvalue weighted by atomic mass is 9.94. The minimum atomic E-state index is -2.89. The number of aromatic nitrogens is 2. The number of methoxy groups -OCH3 is 1. The van der Waals surface area contributed by atoms with Crippen LogP contribution in [0.25, 0.3) is 32.1 Å². The van der Waals surface area contributed by atoms with Crippen LogP contribution in [0.4, 0.5) is 28.4 Å². The van der Waals surface area contributed by atoms with Crippen molar-refractivity contribution in [2.75, 3.05) is 57.2 Å². The van der Waals surface area contributed by atoms with E-state index in [1.54, 1.807) is 0 Å². The molecule has 0 bridgehead atoms. The first-order valence-corrected chi connectivity index (χ1v) is 16.1. The average Bonchev–Trinajstić information content (AvgIpc) is 3.64. The molecule has 3 aliphatic rings. The molecule has 0 amide bonds. The summed E-state index contributed by atoms with van der Waals surface area (Å²) in [7, 11) is 1.44. The number of fused-ring (bicyclic) bond motifs is 2. The normalized spacial score (nSPS) is 21.0. The van der Waals surface area contributed by atoms with Crippen molar-refractivity contribution in [1.29, 1.82) is 5.26 Å². The molecule has 2 saturated heterocycles. The molecule has 0 unspecified atom stereocenters. The number of rotatable bonds is 8. The first-order chi connectivity index (χ1) is 22.6. The first kappa shape index (κ1) is 31.7. The summed E-state index contributed by atoms with van der Waals surface area (Å²) in [6.07, 6.45) is -0.337. The summed E-state index contributed by atoms with van der Waals surface area (Å²) < 4.78 is 78.6. The Bertz CT molecular complexity index is 1990. The third-order valence-electron chi connectivity index (χ3n) is 9.24. The molecule has 15 heteroatoms. The number of thiophene rings is 1. The Morgan fingerprint density at radius 2 is 2.11 bits per heavy atom.